The lowest BCUT2D eigenvalue weighted by Gasteiger charge is -2.42. The van der Waals surface area contributed by atoms with Gasteiger partial charge < -0.3 is 4.90 Å². The molecule has 0 aliphatic carbocycles. The molecule has 0 saturated carbocycles. The maximum absolute atomic E-state index is 11.0. The molecule has 0 N–H and O–H groups in total. The highest BCUT2D eigenvalue weighted by Gasteiger charge is 2.38. The Balaban J connectivity index is 2.07. The van der Waals surface area contributed by atoms with Crippen LogP contribution < -0.4 is 0 Å². The van der Waals surface area contributed by atoms with Gasteiger partial charge >= 0.3 is 0 Å². The number of thioether (sulfide) groups is 1. The smallest absolute Gasteiger partial charge is 0.226 e. The van der Waals surface area contributed by atoms with E-state index in [1.807, 2.05) is 4.90 Å². The van der Waals surface area contributed by atoms with Gasteiger partial charge in [0.2, 0.25) is 5.91 Å². The van der Waals surface area contributed by atoms with Gasteiger partial charge in [0.15, 0.2) is 0 Å². The minimum absolute atomic E-state index is 0.300. The fraction of sp³-hybridized carbons (Fsp3) is 0.571. The maximum atomic E-state index is 11.0. The van der Waals surface area contributed by atoms with Gasteiger partial charge in [0.05, 0.1) is 11.8 Å². The summed E-state index contributed by atoms with van der Waals surface area (Å²) in [7, 11) is 0. The molecule has 1 saturated heterocycles. The van der Waals surface area contributed by atoms with E-state index in [9.17, 15) is 4.79 Å². The van der Waals surface area contributed by atoms with Crippen LogP contribution in [0, 0.1) is 0 Å². The zero-order valence-corrected chi connectivity index (χ0v) is 8.32. The molecular formula is C7H8BrNOS. The summed E-state index contributed by atoms with van der Waals surface area (Å²) in [6.07, 6.45) is 0.733. The Kier molecular flexibility index (Phi) is 1.97. The Labute approximate surface area is 78.1 Å². The zero-order valence-electron chi connectivity index (χ0n) is 5.92. The first-order chi connectivity index (χ1) is 5.31. The summed E-state index contributed by atoms with van der Waals surface area (Å²) in [6.45, 7) is 0.835. The number of carbonyl (C=O) groups is 1. The molecule has 1 amide bonds. The summed E-state index contributed by atoms with van der Waals surface area (Å²) in [6, 6.07) is 0. The van der Waals surface area contributed by atoms with E-state index in [1.165, 1.54) is 5.57 Å². The predicted octanol–water partition coefficient (Wildman–Crippen LogP) is 1.57. The molecule has 11 heavy (non-hydrogen) atoms. The second kappa shape index (κ2) is 2.83. The normalized spacial score (nSPS) is 29.2. The summed E-state index contributed by atoms with van der Waals surface area (Å²) in [4.78, 5) is 12.9. The van der Waals surface area contributed by atoms with Crippen molar-refractivity contribution in [1.82, 2.24) is 4.90 Å². The second-order valence-electron chi connectivity index (χ2n) is 2.73. The van der Waals surface area contributed by atoms with Crippen LogP contribution in [0.25, 0.3) is 0 Å². The molecule has 0 bridgehead atoms. The third-order valence-corrected chi connectivity index (χ3v) is 3.88. The molecular weight excluding hydrogens is 226 g/mol. The van der Waals surface area contributed by atoms with E-state index in [4.69, 9.17) is 0 Å². The third-order valence-electron chi connectivity index (χ3n) is 1.95. The van der Waals surface area contributed by atoms with Crippen molar-refractivity contribution in [3.8, 4) is 0 Å². The molecule has 2 rings (SSSR count). The van der Waals surface area contributed by atoms with Crippen LogP contribution in [0.3, 0.4) is 0 Å². The van der Waals surface area contributed by atoms with Gasteiger partial charge in [0.1, 0.15) is 0 Å². The maximum Gasteiger partial charge on any atom is 0.226 e. The van der Waals surface area contributed by atoms with Gasteiger partial charge in [-0.2, -0.15) is 0 Å². The van der Waals surface area contributed by atoms with Gasteiger partial charge in [-0.1, -0.05) is 15.9 Å². The van der Waals surface area contributed by atoms with Gasteiger partial charge in [0.25, 0.3) is 0 Å². The lowest BCUT2D eigenvalue weighted by atomic mass is 10.1. The predicted molar refractivity (Wildman–Crippen MR) is 49.6 cm³/mol. The van der Waals surface area contributed by atoms with E-state index < -0.39 is 0 Å². The van der Waals surface area contributed by atoms with E-state index in [2.05, 4.69) is 21.3 Å². The number of fused-ring (bicyclic) bond motifs is 1. The van der Waals surface area contributed by atoms with Gasteiger partial charge in [0, 0.05) is 11.9 Å². The van der Waals surface area contributed by atoms with Crippen molar-refractivity contribution in [2.75, 3.05) is 11.9 Å². The van der Waals surface area contributed by atoms with Gasteiger partial charge in [-0.15, -0.1) is 11.8 Å². The molecule has 0 unspecified atom stereocenters. The highest BCUT2D eigenvalue weighted by Crippen LogP contribution is 2.35. The first kappa shape index (κ1) is 7.68. The minimum Gasteiger partial charge on any atom is -0.326 e. The number of carbonyl (C=O) groups excluding carboxylic acids is 1. The van der Waals surface area contributed by atoms with Crippen LogP contribution in [-0.4, -0.2) is 28.1 Å². The summed E-state index contributed by atoms with van der Waals surface area (Å²) >= 11 is 5.15. The van der Waals surface area contributed by atoms with Crippen LogP contribution in [0.1, 0.15) is 6.42 Å². The fourth-order valence-corrected chi connectivity index (χ4v) is 2.88. The largest absolute Gasteiger partial charge is 0.326 e. The van der Waals surface area contributed by atoms with Crippen molar-refractivity contribution < 1.29 is 4.79 Å². The molecule has 2 aliphatic rings. The summed E-state index contributed by atoms with van der Waals surface area (Å²) < 4.78 is 0. The average molecular weight is 234 g/mol. The van der Waals surface area contributed by atoms with Crippen LogP contribution in [0.2, 0.25) is 0 Å². The Hall–Kier alpha value is 0.0400. The molecule has 0 aromatic rings. The van der Waals surface area contributed by atoms with Crippen LogP contribution in [0.5, 0.6) is 0 Å². The third kappa shape index (κ3) is 1.22. The van der Waals surface area contributed by atoms with Gasteiger partial charge in [-0.25, -0.2) is 0 Å². The standard InChI is InChI=1S/C7H8BrNOS/c8-2-5-3-9-6(10)1-7(9)11-4-5/h4,7H,1-3H2/t7-/m1/s1. The molecule has 0 aromatic carbocycles. The van der Waals surface area contributed by atoms with Crippen molar-refractivity contribution in [3.63, 3.8) is 0 Å². The molecule has 60 valence electrons. The molecule has 0 spiro atoms. The molecule has 1 fully saturated rings. The summed E-state index contributed by atoms with van der Waals surface area (Å²) in [5, 5.41) is 3.50. The summed E-state index contributed by atoms with van der Waals surface area (Å²) in [5.74, 6) is 0.300. The first-order valence-corrected chi connectivity index (χ1v) is 5.56. The SMILES string of the molecule is O=C1C[C@H]2SC=C(CBr)CN12. The van der Waals surface area contributed by atoms with Crippen molar-refractivity contribution in [2.45, 2.75) is 11.8 Å². The van der Waals surface area contributed by atoms with E-state index in [0.717, 1.165) is 18.3 Å². The number of nitrogens with zero attached hydrogens (tertiary/aromatic N) is 1. The molecule has 2 heterocycles. The topological polar surface area (TPSA) is 20.3 Å². The van der Waals surface area contributed by atoms with Crippen LogP contribution >= 0.6 is 27.7 Å². The van der Waals surface area contributed by atoms with E-state index in [-0.39, 0.29) is 0 Å². The Morgan fingerprint density at radius 1 is 1.82 bits per heavy atom. The van der Waals surface area contributed by atoms with Crippen LogP contribution in [0.4, 0.5) is 0 Å². The monoisotopic (exact) mass is 233 g/mol. The Bertz CT molecular complexity index is 228. The number of hydrogen-bond donors (Lipinski definition) is 0. The number of alkyl halides is 1. The number of β-lactam (4-membered cyclic amide) rings is 1. The van der Waals surface area contributed by atoms with Crippen molar-refractivity contribution in [3.05, 3.63) is 11.0 Å². The number of amides is 1. The molecule has 0 radical (unpaired) electrons. The van der Waals surface area contributed by atoms with E-state index in [1.54, 1.807) is 11.8 Å². The molecule has 2 aliphatic heterocycles. The zero-order chi connectivity index (χ0) is 7.84. The van der Waals surface area contributed by atoms with Crippen molar-refractivity contribution in [2.24, 2.45) is 0 Å². The Morgan fingerprint density at radius 2 is 2.64 bits per heavy atom. The minimum atomic E-state index is 0.300. The molecule has 4 heteroatoms. The lowest BCUT2D eigenvalue weighted by molar-refractivity contribution is -0.140. The van der Waals surface area contributed by atoms with Crippen LogP contribution in [0.15, 0.2) is 11.0 Å². The number of halogens is 1. The van der Waals surface area contributed by atoms with Crippen LogP contribution in [-0.2, 0) is 4.79 Å². The second-order valence-corrected chi connectivity index (χ2v) is 4.34. The van der Waals surface area contributed by atoms with Gasteiger partial charge in [-0.05, 0) is 11.0 Å². The highest BCUT2D eigenvalue weighted by molar-refractivity contribution is 9.09. The van der Waals surface area contributed by atoms with Crippen molar-refractivity contribution in [1.29, 1.82) is 0 Å². The number of hydrogen-bond acceptors (Lipinski definition) is 2. The van der Waals surface area contributed by atoms with Gasteiger partial charge in [-0.3, -0.25) is 4.79 Å². The van der Waals surface area contributed by atoms with E-state index >= 15 is 0 Å². The number of rotatable bonds is 1. The fourth-order valence-electron chi connectivity index (χ4n) is 1.24. The average Bonchev–Trinajstić information content (AvgIpc) is 2.03. The first-order valence-electron chi connectivity index (χ1n) is 3.50. The quantitative estimate of drug-likeness (QED) is 0.507. The van der Waals surface area contributed by atoms with E-state index in [0.29, 0.717) is 11.3 Å². The molecule has 2 nitrogen and oxygen atoms in total. The summed E-state index contributed by atoms with van der Waals surface area (Å²) in [5.41, 5.74) is 1.30. The Morgan fingerprint density at radius 3 is 3.27 bits per heavy atom. The molecule has 1 atom stereocenters. The lowest BCUT2D eigenvalue weighted by Crippen LogP contribution is -2.52. The highest BCUT2D eigenvalue weighted by atomic mass is 79.9. The molecule has 0 aromatic heterocycles. The van der Waals surface area contributed by atoms with Crippen molar-refractivity contribution >= 4 is 33.6 Å².